The second-order valence-corrected chi connectivity index (χ2v) is 4.65. The van der Waals surface area contributed by atoms with E-state index in [0.717, 1.165) is 5.82 Å². The van der Waals surface area contributed by atoms with Gasteiger partial charge in [-0.3, -0.25) is 9.36 Å². The first-order chi connectivity index (χ1) is 8.00. The molecule has 2 aromatic rings. The van der Waals surface area contributed by atoms with Crippen LogP contribution in [0.4, 0.5) is 0 Å². The maximum absolute atomic E-state index is 11.8. The van der Waals surface area contributed by atoms with Crippen LogP contribution in [0.5, 0.6) is 0 Å². The van der Waals surface area contributed by atoms with Crippen molar-refractivity contribution in [3.8, 4) is 0 Å². The van der Waals surface area contributed by atoms with Crippen LogP contribution in [0, 0.1) is 0 Å². The van der Waals surface area contributed by atoms with E-state index in [2.05, 4.69) is 15.0 Å². The topological polar surface area (TPSA) is 60.7 Å². The van der Waals surface area contributed by atoms with Crippen LogP contribution in [-0.4, -0.2) is 19.5 Å². The largest absolute Gasteiger partial charge is 0.287 e. The minimum atomic E-state index is -0.124. The van der Waals surface area contributed by atoms with Crippen LogP contribution >= 0.6 is 0 Å². The highest BCUT2D eigenvalue weighted by Gasteiger charge is 2.11. The second kappa shape index (κ2) is 4.24. The summed E-state index contributed by atoms with van der Waals surface area (Å²) < 4.78 is 1.65. The van der Waals surface area contributed by atoms with Crippen LogP contribution in [0.25, 0.3) is 11.2 Å². The van der Waals surface area contributed by atoms with Gasteiger partial charge in [0.05, 0.1) is 12.4 Å². The molecule has 0 spiro atoms. The van der Waals surface area contributed by atoms with Gasteiger partial charge in [0.1, 0.15) is 11.3 Å². The van der Waals surface area contributed by atoms with E-state index >= 15 is 0 Å². The van der Waals surface area contributed by atoms with Crippen molar-refractivity contribution in [1.29, 1.82) is 0 Å². The first-order valence-electron chi connectivity index (χ1n) is 5.75. The third-order valence-electron chi connectivity index (χ3n) is 2.58. The molecule has 0 aliphatic heterocycles. The molecule has 0 aliphatic rings. The molecule has 0 aromatic carbocycles. The van der Waals surface area contributed by atoms with Gasteiger partial charge < -0.3 is 0 Å². The molecular formula is C12H16N4O. The van der Waals surface area contributed by atoms with Gasteiger partial charge in [0.2, 0.25) is 0 Å². The van der Waals surface area contributed by atoms with Gasteiger partial charge in [0, 0.05) is 12.0 Å². The molecule has 2 heterocycles. The number of hydrogen-bond donors (Lipinski definition) is 0. The Kier molecular flexibility index (Phi) is 2.92. The smallest absolute Gasteiger partial charge is 0.270 e. The molecule has 5 nitrogen and oxygen atoms in total. The summed E-state index contributed by atoms with van der Waals surface area (Å²) in [5.74, 6) is 0.967. The number of aromatic nitrogens is 4. The van der Waals surface area contributed by atoms with E-state index in [4.69, 9.17) is 0 Å². The lowest BCUT2D eigenvalue weighted by Crippen LogP contribution is -2.23. The quantitative estimate of drug-likeness (QED) is 0.793. The van der Waals surface area contributed by atoms with Crippen molar-refractivity contribution in [3.05, 3.63) is 28.6 Å². The van der Waals surface area contributed by atoms with Gasteiger partial charge in [0.15, 0.2) is 5.65 Å². The molecule has 0 N–H and O–H groups in total. The highest BCUT2D eigenvalue weighted by atomic mass is 16.1. The van der Waals surface area contributed by atoms with Crippen molar-refractivity contribution in [3.63, 3.8) is 0 Å². The van der Waals surface area contributed by atoms with Crippen molar-refractivity contribution >= 4 is 11.2 Å². The summed E-state index contributed by atoms with van der Waals surface area (Å²) in [4.78, 5) is 24.6. The maximum atomic E-state index is 11.8. The minimum Gasteiger partial charge on any atom is -0.287 e. The molecule has 0 aliphatic carbocycles. The number of hydrogen-bond acceptors (Lipinski definition) is 4. The molecule has 0 fully saturated rings. The molecule has 0 unspecified atom stereocenters. The van der Waals surface area contributed by atoms with E-state index in [1.165, 1.54) is 6.20 Å². The number of nitrogens with zero attached hydrogens (tertiary/aromatic N) is 4. The van der Waals surface area contributed by atoms with Gasteiger partial charge in [0.25, 0.3) is 5.56 Å². The summed E-state index contributed by atoms with van der Waals surface area (Å²) in [7, 11) is 0. The fraction of sp³-hybridized carbons (Fsp3) is 0.500. The predicted molar refractivity (Wildman–Crippen MR) is 66.1 cm³/mol. The molecular weight excluding hydrogens is 216 g/mol. The lowest BCUT2D eigenvalue weighted by atomic mass is 10.2. The van der Waals surface area contributed by atoms with Crippen LogP contribution in [0.1, 0.15) is 45.5 Å². The highest BCUT2D eigenvalue weighted by molar-refractivity contribution is 5.68. The third-order valence-corrected chi connectivity index (χ3v) is 2.58. The summed E-state index contributed by atoms with van der Waals surface area (Å²) in [6, 6.07) is 0.0583. The van der Waals surface area contributed by atoms with Gasteiger partial charge in [-0.15, -0.1) is 0 Å². The van der Waals surface area contributed by atoms with E-state index in [1.54, 1.807) is 10.8 Å². The molecule has 0 radical (unpaired) electrons. The molecule has 2 rings (SSSR count). The minimum absolute atomic E-state index is 0.0583. The normalized spacial score (nSPS) is 11.6. The third kappa shape index (κ3) is 2.05. The van der Waals surface area contributed by atoms with Gasteiger partial charge in [-0.25, -0.2) is 15.0 Å². The SMILES string of the molecule is CC(C)c1ncc2ncc(=O)n(C(C)C)c2n1. The highest BCUT2D eigenvalue weighted by Crippen LogP contribution is 2.14. The molecule has 0 amide bonds. The summed E-state index contributed by atoms with van der Waals surface area (Å²) in [5, 5.41) is 0. The van der Waals surface area contributed by atoms with Crippen LogP contribution in [-0.2, 0) is 0 Å². The standard InChI is InChI=1S/C12H16N4O/c1-7(2)11-14-5-9-12(15-11)16(8(3)4)10(17)6-13-9/h5-8H,1-4H3. The van der Waals surface area contributed by atoms with E-state index in [0.29, 0.717) is 11.2 Å². The Morgan fingerprint density at radius 1 is 1.12 bits per heavy atom. The zero-order valence-corrected chi connectivity index (χ0v) is 10.5. The lowest BCUT2D eigenvalue weighted by Gasteiger charge is -2.13. The Balaban J connectivity index is 2.81. The van der Waals surface area contributed by atoms with Crippen molar-refractivity contribution in [1.82, 2.24) is 19.5 Å². The van der Waals surface area contributed by atoms with Gasteiger partial charge in [-0.05, 0) is 13.8 Å². The van der Waals surface area contributed by atoms with Crippen LogP contribution in [0.15, 0.2) is 17.2 Å². The predicted octanol–water partition coefficient (Wildman–Crippen LogP) is 1.89. The zero-order chi connectivity index (χ0) is 12.6. The van der Waals surface area contributed by atoms with Gasteiger partial charge >= 0.3 is 0 Å². The van der Waals surface area contributed by atoms with Crippen molar-refractivity contribution in [2.75, 3.05) is 0 Å². The lowest BCUT2D eigenvalue weighted by molar-refractivity contribution is 0.589. The molecule has 17 heavy (non-hydrogen) atoms. The molecule has 2 aromatic heterocycles. The number of fused-ring (bicyclic) bond motifs is 1. The first-order valence-corrected chi connectivity index (χ1v) is 5.75. The van der Waals surface area contributed by atoms with Crippen molar-refractivity contribution in [2.45, 2.75) is 39.7 Å². The second-order valence-electron chi connectivity index (χ2n) is 4.65. The number of rotatable bonds is 2. The molecule has 0 saturated carbocycles. The Morgan fingerprint density at radius 3 is 2.41 bits per heavy atom. The first kappa shape index (κ1) is 11.7. The summed E-state index contributed by atoms with van der Waals surface area (Å²) >= 11 is 0. The molecule has 0 bridgehead atoms. The van der Waals surface area contributed by atoms with E-state index in [-0.39, 0.29) is 17.5 Å². The Bertz CT molecular complexity index is 601. The van der Waals surface area contributed by atoms with Crippen LogP contribution in [0.3, 0.4) is 0 Å². The summed E-state index contributed by atoms with van der Waals surface area (Å²) in [5.41, 5.74) is 1.15. The molecule has 0 saturated heterocycles. The molecule has 5 heteroatoms. The van der Waals surface area contributed by atoms with Crippen molar-refractivity contribution in [2.24, 2.45) is 0 Å². The van der Waals surface area contributed by atoms with Crippen LogP contribution < -0.4 is 5.56 Å². The average molecular weight is 232 g/mol. The van der Waals surface area contributed by atoms with E-state index in [1.807, 2.05) is 27.7 Å². The average Bonchev–Trinajstić information content (AvgIpc) is 2.27. The molecule has 0 atom stereocenters. The van der Waals surface area contributed by atoms with Gasteiger partial charge in [-0.1, -0.05) is 13.8 Å². The van der Waals surface area contributed by atoms with E-state index in [9.17, 15) is 4.79 Å². The Morgan fingerprint density at radius 2 is 1.82 bits per heavy atom. The molecule has 90 valence electrons. The monoisotopic (exact) mass is 232 g/mol. The summed E-state index contributed by atoms with van der Waals surface area (Å²) in [6.07, 6.45) is 3.00. The van der Waals surface area contributed by atoms with Gasteiger partial charge in [-0.2, -0.15) is 0 Å². The van der Waals surface area contributed by atoms with Crippen molar-refractivity contribution < 1.29 is 0 Å². The van der Waals surface area contributed by atoms with E-state index < -0.39 is 0 Å². The fourth-order valence-electron chi connectivity index (χ4n) is 1.72. The van der Waals surface area contributed by atoms with Crippen LogP contribution in [0.2, 0.25) is 0 Å². The zero-order valence-electron chi connectivity index (χ0n) is 10.5. The Hall–Kier alpha value is -1.78. The maximum Gasteiger partial charge on any atom is 0.270 e. The Labute approximate surface area is 99.6 Å². The summed E-state index contributed by atoms with van der Waals surface area (Å²) in [6.45, 7) is 7.96. The fourth-order valence-corrected chi connectivity index (χ4v) is 1.72.